The van der Waals surface area contributed by atoms with Crippen LogP contribution < -0.4 is 5.32 Å². The molecule has 1 fully saturated rings. The zero-order valence-electron chi connectivity index (χ0n) is 9.69. The van der Waals surface area contributed by atoms with Crippen LogP contribution in [0.4, 0.5) is 0 Å². The second-order valence-electron chi connectivity index (χ2n) is 5.23. The molecule has 2 atom stereocenters. The van der Waals surface area contributed by atoms with E-state index in [1.165, 1.54) is 32.2 Å². The zero-order valence-corrected chi connectivity index (χ0v) is 9.69. The molecule has 0 aromatic rings. The van der Waals surface area contributed by atoms with Crippen molar-refractivity contribution >= 4 is 0 Å². The van der Waals surface area contributed by atoms with E-state index < -0.39 is 0 Å². The van der Waals surface area contributed by atoms with Crippen molar-refractivity contribution < 1.29 is 0 Å². The minimum Gasteiger partial charge on any atom is -0.314 e. The van der Waals surface area contributed by atoms with Crippen molar-refractivity contribution in [1.82, 2.24) is 5.32 Å². The van der Waals surface area contributed by atoms with Crippen molar-refractivity contribution in [3.63, 3.8) is 0 Å². The van der Waals surface area contributed by atoms with Crippen LogP contribution in [0.25, 0.3) is 0 Å². The van der Waals surface area contributed by atoms with E-state index >= 15 is 0 Å². The third kappa shape index (κ3) is 2.70. The molecule has 1 rings (SSSR count). The molecule has 13 heavy (non-hydrogen) atoms. The van der Waals surface area contributed by atoms with Crippen molar-refractivity contribution in [1.29, 1.82) is 0 Å². The second kappa shape index (κ2) is 4.45. The van der Waals surface area contributed by atoms with Crippen LogP contribution in [0.15, 0.2) is 0 Å². The molecule has 0 aromatic heterocycles. The number of nitrogens with one attached hydrogen (secondary N) is 1. The first kappa shape index (κ1) is 11.0. The van der Waals surface area contributed by atoms with Gasteiger partial charge in [0.15, 0.2) is 0 Å². The minimum atomic E-state index is 0.529. The Morgan fingerprint density at radius 1 is 1.38 bits per heavy atom. The van der Waals surface area contributed by atoms with Gasteiger partial charge in [-0.25, -0.2) is 0 Å². The molecule has 78 valence electrons. The van der Waals surface area contributed by atoms with Crippen LogP contribution in [0.3, 0.4) is 0 Å². The SMILES string of the molecule is CCCC(C)(C)C1CCCNC1C. The second-order valence-corrected chi connectivity index (χ2v) is 5.23. The normalized spacial score (nSPS) is 30.5. The predicted molar refractivity (Wildman–Crippen MR) is 58.9 cm³/mol. The Balaban J connectivity index is 2.56. The van der Waals surface area contributed by atoms with E-state index in [9.17, 15) is 0 Å². The lowest BCUT2D eigenvalue weighted by Gasteiger charge is -2.41. The van der Waals surface area contributed by atoms with Gasteiger partial charge in [-0.15, -0.1) is 0 Å². The molecule has 1 heteroatoms. The maximum absolute atomic E-state index is 3.60. The van der Waals surface area contributed by atoms with Crippen LogP contribution in [-0.2, 0) is 0 Å². The van der Waals surface area contributed by atoms with E-state index in [-0.39, 0.29) is 0 Å². The fraction of sp³-hybridized carbons (Fsp3) is 1.00. The van der Waals surface area contributed by atoms with Crippen LogP contribution in [0.1, 0.15) is 53.4 Å². The van der Waals surface area contributed by atoms with Gasteiger partial charge in [-0.1, -0.05) is 27.2 Å². The molecule has 0 spiro atoms. The lowest BCUT2D eigenvalue weighted by atomic mass is 9.69. The van der Waals surface area contributed by atoms with Crippen molar-refractivity contribution in [2.75, 3.05) is 6.54 Å². The van der Waals surface area contributed by atoms with Crippen LogP contribution in [-0.4, -0.2) is 12.6 Å². The number of rotatable bonds is 3. The molecule has 1 nitrogen and oxygen atoms in total. The highest BCUT2D eigenvalue weighted by atomic mass is 14.9. The maximum atomic E-state index is 3.60. The molecule has 1 N–H and O–H groups in total. The molecule has 2 unspecified atom stereocenters. The number of piperidine rings is 1. The van der Waals surface area contributed by atoms with E-state index in [0.717, 1.165) is 12.0 Å². The first-order valence-corrected chi connectivity index (χ1v) is 5.81. The summed E-state index contributed by atoms with van der Waals surface area (Å²) in [5.41, 5.74) is 0.529. The summed E-state index contributed by atoms with van der Waals surface area (Å²) in [6.07, 6.45) is 5.46. The van der Waals surface area contributed by atoms with E-state index in [1.54, 1.807) is 0 Å². The Morgan fingerprint density at radius 3 is 2.62 bits per heavy atom. The van der Waals surface area contributed by atoms with Crippen molar-refractivity contribution in [2.45, 2.75) is 59.4 Å². The Morgan fingerprint density at radius 2 is 2.08 bits per heavy atom. The molecule has 1 aliphatic heterocycles. The van der Waals surface area contributed by atoms with Crippen molar-refractivity contribution in [3.05, 3.63) is 0 Å². The molecule has 1 heterocycles. The molecule has 0 aromatic carbocycles. The first-order chi connectivity index (χ1) is 6.08. The molecule has 0 amide bonds. The topological polar surface area (TPSA) is 12.0 Å². The quantitative estimate of drug-likeness (QED) is 0.708. The van der Waals surface area contributed by atoms with Crippen LogP contribution in [0.5, 0.6) is 0 Å². The molecule has 0 saturated carbocycles. The summed E-state index contributed by atoms with van der Waals surface area (Å²) in [7, 11) is 0. The lowest BCUT2D eigenvalue weighted by Crippen LogP contribution is -2.45. The van der Waals surface area contributed by atoms with Gasteiger partial charge >= 0.3 is 0 Å². The molecule has 0 aliphatic carbocycles. The minimum absolute atomic E-state index is 0.529. The smallest absolute Gasteiger partial charge is 0.00721 e. The average Bonchev–Trinajstić information content (AvgIpc) is 2.04. The monoisotopic (exact) mass is 183 g/mol. The highest BCUT2D eigenvalue weighted by molar-refractivity contribution is 4.87. The van der Waals surface area contributed by atoms with Gasteiger partial charge in [0.05, 0.1) is 0 Å². The van der Waals surface area contributed by atoms with E-state index in [1.807, 2.05) is 0 Å². The Bertz CT molecular complexity index is 151. The summed E-state index contributed by atoms with van der Waals surface area (Å²) in [6, 6.07) is 0.718. The lowest BCUT2D eigenvalue weighted by molar-refractivity contribution is 0.118. The summed E-state index contributed by atoms with van der Waals surface area (Å²) in [5, 5.41) is 3.60. The van der Waals surface area contributed by atoms with E-state index in [2.05, 4.69) is 33.0 Å². The molecule has 0 bridgehead atoms. The predicted octanol–water partition coefficient (Wildman–Crippen LogP) is 3.20. The zero-order chi connectivity index (χ0) is 9.90. The van der Waals surface area contributed by atoms with E-state index in [0.29, 0.717) is 5.41 Å². The Hall–Kier alpha value is -0.0400. The van der Waals surface area contributed by atoms with Crippen molar-refractivity contribution in [3.8, 4) is 0 Å². The number of hydrogen-bond donors (Lipinski definition) is 1. The standard InChI is InChI=1S/C12H25N/c1-5-8-12(3,4)11-7-6-9-13-10(11)2/h10-11,13H,5-9H2,1-4H3. The summed E-state index contributed by atoms with van der Waals surface area (Å²) >= 11 is 0. The van der Waals surface area contributed by atoms with Gasteiger partial charge in [0, 0.05) is 6.04 Å². The fourth-order valence-corrected chi connectivity index (χ4v) is 2.94. The van der Waals surface area contributed by atoms with Gasteiger partial charge in [-0.05, 0) is 44.1 Å². The summed E-state index contributed by atoms with van der Waals surface area (Å²) in [5.74, 6) is 0.876. The maximum Gasteiger partial charge on any atom is 0.00721 e. The van der Waals surface area contributed by atoms with Crippen LogP contribution in [0.2, 0.25) is 0 Å². The van der Waals surface area contributed by atoms with Crippen molar-refractivity contribution in [2.24, 2.45) is 11.3 Å². The molecular weight excluding hydrogens is 158 g/mol. The van der Waals surface area contributed by atoms with Gasteiger partial charge in [0.25, 0.3) is 0 Å². The molecule has 0 radical (unpaired) electrons. The van der Waals surface area contributed by atoms with Gasteiger partial charge in [0.2, 0.25) is 0 Å². The summed E-state index contributed by atoms with van der Waals surface area (Å²) in [4.78, 5) is 0. The third-order valence-electron chi connectivity index (χ3n) is 3.66. The van der Waals surface area contributed by atoms with E-state index in [4.69, 9.17) is 0 Å². The molecular formula is C12H25N. The molecule has 1 aliphatic rings. The number of hydrogen-bond acceptors (Lipinski definition) is 1. The Kier molecular flexibility index (Phi) is 3.78. The largest absolute Gasteiger partial charge is 0.314 e. The average molecular weight is 183 g/mol. The van der Waals surface area contributed by atoms with Crippen LogP contribution >= 0.6 is 0 Å². The van der Waals surface area contributed by atoms with Gasteiger partial charge in [-0.3, -0.25) is 0 Å². The third-order valence-corrected chi connectivity index (χ3v) is 3.66. The highest BCUT2D eigenvalue weighted by Gasteiger charge is 2.33. The fourth-order valence-electron chi connectivity index (χ4n) is 2.94. The van der Waals surface area contributed by atoms with Gasteiger partial charge in [0.1, 0.15) is 0 Å². The highest BCUT2D eigenvalue weighted by Crippen LogP contribution is 2.38. The van der Waals surface area contributed by atoms with Gasteiger partial charge in [-0.2, -0.15) is 0 Å². The molecule has 1 saturated heterocycles. The first-order valence-electron chi connectivity index (χ1n) is 5.81. The van der Waals surface area contributed by atoms with Crippen LogP contribution in [0, 0.1) is 11.3 Å². The summed E-state index contributed by atoms with van der Waals surface area (Å²) in [6.45, 7) is 10.7. The van der Waals surface area contributed by atoms with Gasteiger partial charge < -0.3 is 5.32 Å². The summed E-state index contributed by atoms with van der Waals surface area (Å²) < 4.78 is 0. The Labute approximate surface area is 83.3 Å².